The predicted octanol–water partition coefficient (Wildman–Crippen LogP) is 11.9. The molecule has 0 bridgehead atoms. The predicted molar refractivity (Wildman–Crippen MR) is 205 cm³/mol. The maximum atomic E-state index is 6.46. The highest BCUT2D eigenvalue weighted by atomic mass is 32.1. The van der Waals surface area contributed by atoms with Gasteiger partial charge in [-0.1, -0.05) is 133 Å². The van der Waals surface area contributed by atoms with Gasteiger partial charge in [0.25, 0.3) is 0 Å². The van der Waals surface area contributed by atoms with Crippen LogP contribution < -0.4 is 0 Å². The lowest BCUT2D eigenvalue weighted by Gasteiger charge is -2.11. The molecule has 0 aliphatic heterocycles. The van der Waals surface area contributed by atoms with Crippen LogP contribution in [0.5, 0.6) is 0 Å². The van der Waals surface area contributed by atoms with Gasteiger partial charge in [-0.05, 0) is 40.1 Å². The topological polar surface area (TPSA) is 64.7 Å². The van der Waals surface area contributed by atoms with Crippen LogP contribution in [0.4, 0.5) is 0 Å². The molecule has 0 atom stereocenters. The first-order valence-corrected chi connectivity index (χ1v) is 17.3. The molecule has 10 aromatic rings. The van der Waals surface area contributed by atoms with E-state index in [1.165, 1.54) is 21.0 Å². The van der Waals surface area contributed by atoms with Crippen molar-refractivity contribution in [3.05, 3.63) is 158 Å². The number of thiophene rings is 1. The van der Waals surface area contributed by atoms with Gasteiger partial charge in [-0.3, -0.25) is 0 Å². The van der Waals surface area contributed by atoms with E-state index in [1.807, 2.05) is 60.7 Å². The quantitative estimate of drug-likeness (QED) is 0.184. The standard InChI is InChI=1S/C44H26N4OS/c1-3-13-29(14-4-1)41-46-42(30-24-22-28(23-25-30)33-20-11-17-27-12-7-8-18-32(27)33)48-43(47-41)39-38-34-19-9-10-21-36(34)50-37(38)26-35-40(39)45-44(49-35)31-15-5-2-6-16-31/h1-26H. The number of aromatic nitrogens is 4. The maximum absolute atomic E-state index is 6.46. The second-order valence-corrected chi connectivity index (χ2v) is 13.3. The molecule has 234 valence electrons. The Kier molecular flexibility index (Phi) is 6.60. The number of nitrogens with zero attached hydrogens (tertiary/aromatic N) is 4. The fraction of sp³-hybridized carbons (Fsp3) is 0. The highest BCUT2D eigenvalue weighted by Crippen LogP contribution is 2.44. The number of hydrogen-bond donors (Lipinski definition) is 0. The van der Waals surface area contributed by atoms with Crippen LogP contribution in [0.1, 0.15) is 0 Å². The van der Waals surface area contributed by atoms with Crippen LogP contribution in [0, 0.1) is 0 Å². The zero-order valence-electron chi connectivity index (χ0n) is 26.6. The Morgan fingerprint density at radius 3 is 1.82 bits per heavy atom. The molecule has 0 aliphatic rings. The van der Waals surface area contributed by atoms with Gasteiger partial charge in [0.05, 0.1) is 5.56 Å². The lowest BCUT2D eigenvalue weighted by molar-refractivity contribution is 0.620. The Labute approximate surface area is 291 Å². The molecule has 6 heteroatoms. The molecule has 0 unspecified atom stereocenters. The molecule has 0 N–H and O–H groups in total. The van der Waals surface area contributed by atoms with Gasteiger partial charge in [-0.15, -0.1) is 11.3 Å². The molecule has 0 amide bonds. The summed E-state index contributed by atoms with van der Waals surface area (Å²) >= 11 is 1.73. The van der Waals surface area contributed by atoms with E-state index in [1.54, 1.807) is 11.3 Å². The first-order valence-electron chi connectivity index (χ1n) is 16.5. The summed E-state index contributed by atoms with van der Waals surface area (Å²) in [5.41, 5.74) is 7.31. The van der Waals surface area contributed by atoms with Crippen LogP contribution >= 0.6 is 11.3 Å². The third-order valence-corrected chi connectivity index (χ3v) is 10.3. The maximum Gasteiger partial charge on any atom is 0.227 e. The summed E-state index contributed by atoms with van der Waals surface area (Å²) in [6, 6.07) is 54.1. The molecule has 0 fully saturated rings. The number of fused-ring (bicyclic) bond motifs is 5. The summed E-state index contributed by atoms with van der Waals surface area (Å²) in [6.45, 7) is 0. The van der Waals surface area contributed by atoms with Crippen molar-refractivity contribution in [1.29, 1.82) is 0 Å². The van der Waals surface area contributed by atoms with Crippen molar-refractivity contribution in [2.75, 3.05) is 0 Å². The minimum absolute atomic E-state index is 0.555. The van der Waals surface area contributed by atoms with Crippen LogP contribution in [-0.2, 0) is 0 Å². The largest absolute Gasteiger partial charge is 0.436 e. The monoisotopic (exact) mass is 658 g/mol. The van der Waals surface area contributed by atoms with E-state index < -0.39 is 0 Å². The molecule has 0 spiro atoms. The molecule has 3 heterocycles. The van der Waals surface area contributed by atoms with Gasteiger partial charge >= 0.3 is 0 Å². The molecule has 0 radical (unpaired) electrons. The lowest BCUT2D eigenvalue weighted by Crippen LogP contribution is -2.01. The SMILES string of the molecule is c1ccc(-c2nc(-c3ccc(-c4cccc5ccccc45)cc3)nc(-c3c4nc(-c5ccccc5)oc4cc4sc5ccccc5c34)n2)cc1. The molecule has 0 saturated heterocycles. The Morgan fingerprint density at radius 2 is 1.04 bits per heavy atom. The fourth-order valence-corrected chi connectivity index (χ4v) is 7.94. The molecule has 3 aromatic heterocycles. The minimum Gasteiger partial charge on any atom is -0.436 e. The van der Waals surface area contributed by atoms with Crippen molar-refractivity contribution < 1.29 is 4.42 Å². The van der Waals surface area contributed by atoms with Crippen molar-refractivity contribution in [2.45, 2.75) is 0 Å². The minimum atomic E-state index is 0.555. The van der Waals surface area contributed by atoms with E-state index in [0.29, 0.717) is 28.9 Å². The summed E-state index contributed by atoms with van der Waals surface area (Å²) in [5, 5.41) is 4.64. The smallest absolute Gasteiger partial charge is 0.227 e. The molecule has 7 aromatic carbocycles. The van der Waals surface area contributed by atoms with Crippen molar-refractivity contribution in [3.8, 4) is 56.7 Å². The second-order valence-electron chi connectivity index (χ2n) is 12.2. The summed E-state index contributed by atoms with van der Waals surface area (Å²) < 4.78 is 8.73. The van der Waals surface area contributed by atoms with Crippen LogP contribution in [0.15, 0.2) is 162 Å². The number of benzene rings is 7. The molecule has 0 aliphatic carbocycles. The van der Waals surface area contributed by atoms with E-state index in [0.717, 1.165) is 48.8 Å². The van der Waals surface area contributed by atoms with Gasteiger partial charge in [0, 0.05) is 42.9 Å². The molecular weight excluding hydrogens is 633 g/mol. The normalized spacial score (nSPS) is 11.6. The van der Waals surface area contributed by atoms with Crippen molar-refractivity contribution in [3.63, 3.8) is 0 Å². The second kappa shape index (κ2) is 11.6. The van der Waals surface area contributed by atoms with Gasteiger partial charge in [0.1, 0.15) is 5.52 Å². The summed E-state index contributed by atoms with van der Waals surface area (Å²) in [7, 11) is 0. The van der Waals surface area contributed by atoms with Crippen molar-refractivity contribution >= 4 is 53.4 Å². The highest BCUT2D eigenvalue weighted by molar-refractivity contribution is 7.26. The zero-order valence-corrected chi connectivity index (χ0v) is 27.4. The fourth-order valence-electron chi connectivity index (χ4n) is 6.80. The first-order chi connectivity index (χ1) is 24.8. The molecule has 5 nitrogen and oxygen atoms in total. The van der Waals surface area contributed by atoms with E-state index in [-0.39, 0.29) is 0 Å². The van der Waals surface area contributed by atoms with Crippen LogP contribution in [0.25, 0.3) is 98.8 Å². The van der Waals surface area contributed by atoms with Gasteiger partial charge in [0.15, 0.2) is 23.1 Å². The average Bonchev–Trinajstić information content (AvgIpc) is 3.79. The van der Waals surface area contributed by atoms with E-state index >= 15 is 0 Å². The van der Waals surface area contributed by atoms with Gasteiger partial charge in [-0.2, -0.15) is 0 Å². The molecule has 50 heavy (non-hydrogen) atoms. The van der Waals surface area contributed by atoms with Crippen molar-refractivity contribution in [1.82, 2.24) is 19.9 Å². The number of oxazole rings is 1. The zero-order chi connectivity index (χ0) is 33.0. The van der Waals surface area contributed by atoms with Crippen LogP contribution in [-0.4, -0.2) is 19.9 Å². The summed E-state index contributed by atoms with van der Waals surface area (Å²) in [4.78, 5) is 20.5. The Hall–Kier alpha value is -6.50. The lowest BCUT2D eigenvalue weighted by atomic mass is 9.97. The van der Waals surface area contributed by atoms with Gasteiger partial charge in [-0.25, -0.2) is 19.9 Å². The number of hydrogen-bond acceptors (Lipinski definition) is 6. The molecule has 0 saturated carbocycles. The third kappa shape index (κ3) is 4.77. The van der Waals surface area contributed by atoms with Gasteiger partial charge in [0.2, 0.25) is 5.89 Å². The first kappa shape index (κ1) is 28.5. The van der Waals surface area contributed by atoms with Crippen LogP contribution in [0.3, 0.4) is 0 Å². The Bertz CT molecular complexity index is 2860. The average molecular weight is 659 g/mol. The summed E-state index contributed by atoms with van der Waals surface area (Å²) in [5.74, 6) is 2.31. The van der Waals surface area contributed by atoms with E-state index in [4.69, 9.17) is 24.4 Å². The summed E-state index contributed by atoms with van der Waals surface area (Å²) in [6.07, 6.45) is 0. The Morgan fingerprint density at radius 1 is 0.440 bits per heavy atom. The Balaban J connectivity index is 1.21. The highest BCUT2D eigenvalue weighted by Gasteiger charge is 2.23. The van der Waals surface area contributed by atoms with Gasteiger partial charge < -0.3 is 4.42 Å². The molecular formula is C44H26N4OS. The van der Waals surface area contributed by atoms with Crippen molar-refractivity contribution in [2.24, 2.45) is 0 Å². The number of rotatable bonds is 5. The molecule has 10 rings (SSSR count). The third-order valence-electron chi connectivity index (χ3n) is 9.18. The van der Waals surface area contributed by atoms with E-state index in [9.17, 15) is 0 Å². The van der Waals surface area contributed by atoms with Crippen LogP contribution in [0.2, 0.25) is 0 Å². The van der Waals surface area contributed by atoms with E-state index in [2.05, 4.69) is 97.1 Å².